The van der Waals surface area contributed by atoms with Crippen molar-refractivity contribution in [3.8, 4) is 0 Å². The Hall–Kier alpha value is -1.16. The van der Waals surface area contributed by atoms with E-state index >= 15 is 0 Å². The molecule has 0 saturated heterocycles. The van der Waals surface area contributed by atoms with Gasteiger partial charge >= 0.3 is 5.97 Å². The lowest BCUT2D eigenvalue weighted by Gasteiger charge is -2.04. The van der Waals surface area contributed by atoms with Crippen LogP contribution in [-0.4, -0.2) is 13.1 Å². The van der Waals surface area contributed by atoms with Crippen molar-refractivity contribution in [2.75, 3.05) is 7.11 Å². The number of halogens is 3. The Morgan fingerprint density at radius 2 is 2.14 bits per heavy atom. The molecule has 76 valence electrons. The van der Waals surface area contributed by atoms with Crippen LogP contribution >= 0.6 is 11.6 Å². The Balaban J connectivity index is 3.02. The average Bonchev–Trinajstić information content (AvgIpc) is 2.10. The summed E-state index contributed by atoms with van der Waals surface area (Å²) < 4.78 is 30.0. The molecule has 0 amide bonds. The van der Waals surface area contributed by atoms with Gasteiger partial charge in [-0.15, -0.1) is 0 Å². The second-order valence-electron chi connectivity index (χ2n) is 2.60. The smallest absolute Gasteiger partial charge is 0.310 e. The van der Waals surface area contributed by atoms with Crippen LogP contribution in [0.5, 0.6) is 0 Å². The van der Waals surface area contributed by atoms with Crippen LogP contribution in [0.4, 0.5) is 8.78 Å². The van der Waals surface area contributed by atoms with Crippen LogP contribution in [0.3, 0.4) is 0 Å². The highest BCUT2D eigenvalue weighted by Gasteiger charge is 2.13. The van der Waals surface area contributed by atoms with E-state index in [0.717, 1.165) is 6.07 Å². The minimum Gasteiger partial charge on any atom is -0.469 e. The van der Waals surface area contributed by atoms with Crippen molar-refractivity contribution in [2.24, 2.45) is 0 Å². The minimum absolute atomic E-state index is 0.0556. The summed E-state index contributed by atoms with van der Waals surface area (Å²) in [6.07, 6.45) is -0.304. The molecule has 0 heterocycles. The molecule has 5 heteroatoms. The molecular formula is C9H7ClF2O2. The lowest BCUT2D eigenvalue weighted by atomic mass is 10.1. The Labute approximate surface area is 84.4 Å². The predicted molar refractivity (Wildman–Crippen MR) is 47.1 cm³/mol. The van der Waals surface area contributed by atoms with Crippen LogP contribution in [0, 0.1) is 11.6 Å². The highest BCUT2D eigenvalue weighted by molar-refractivity contribution is 6.31. The number of carbonyl (C=O) groups is 1. The van der Waals surface area contributed by atoms with E-state index in [-0.39, 0.29) is 17.0 Å². The number of esters is 1. The zero-order valence-electron chi connectivity index (χ0n) is 7.31. The molecule has 0 radical (unpaired) electrons. The molecule has 0 fully saturated rings. The maximum Gasteiger partial charge on any atom is 0.310 e. The maximum absolute atomic E-state index is 13.1. The number of hydrogen-bond donors (Lipinski definition) is 0. The van der Waals surface area contributed by atoms with Gasteiger partial charge in [-0.2, -0.15) is 0 Å². The molecule has 0 aliphatic heterocycles. The number of benzene rings is 1. The van der Waals surface area contributed by atoms with Crippen molar-refractivity contribution in [3.05, 3.63) is 34.4 Å². The summed E-state index contributed by atoms with van der Waals surface area (Å²) in [4.78, 5) is 10.8. The van der Waals surface area contributed by atoms with Crippen molar-refractivity contribution in [1.29, 1.82) is 0 Å². The zero-order chi connectivity index (χ0) is 10.7. The summed E-state index contributed by atoms with van der Waals surface area (Å²) in [6, 6.07) is 1.62. The first-order valence-electron chi connectivity index (χ1n) is 3.75. The van der Waals surface area contributed by atoms with Gasteiger partial charge in [0.25, 0.3) is 0 Å². The summed E-state index contributed by atoms with van der Waals surface area (Å²) >= 11 is 5.55. The number of ether oxygens (including phenoxy) is 1. The van der Waals surface area contributed by atoms with Gasteiger partial charge in [-0.1, -0.05) is 11.6 Å². The first-order valence-corrected chi connectivity index (χ1v) is 4.12. The summed E-state index contributed by atoms with van der Waals surface area (Å²) in [7, 11) is 1.18. The third-order valence-electron chi connectivity index (χ3n) is 1.65. The monoisotopic (exact) mass is 220 g/mol. The van der Waals surface area contributed by atoms with Crippen LogP contribution in [0.25, 0.3) is 0 Å². The molecule has 0 aliphatic carbocycles. The van der Waals surface area contributed by atoms with E-state index < -0.39 is 17.6 Å². The molecule has 0 unspecified atom stereocenters. The maximum atomic E-state index is 13.1. The van der Waals surface area contributed by atoms with E-state index in [1.807, 2.05) is 0 Å². The fraction of sp³-hybridized carbons (Fsp3) is 0.222. The van der Waals surface area contributed by atoms with Gasteiger partial charge in [-0.05, 0) is 6.07 Å². The SMILES string of the molecule is COC(=O)Cc1c(F)cc(F)cc1Cl. The second kappa shape index (κ2) is 4.37. The quantitative estimate of drug-likeness (QED) is 0.715. The highest BCUT2D eigenvalue weighted by atomic mass is 35.5. The first kappa shape index (κ1) is 10.9. The Morgan fingerprint density at radius 3 is 2.64 bits per heavy atom. The van der Waals surface area contributed by atoms with E-state index in [0.29, 0.717) is 6.07 Å². The molecule has 0 aliphatic rings. The molecular weight excluding hydrogens is 214 g/mol. The van der Waals surface area contributed by atoms with Gasteiger partial charge in [-0.25, -0.2) is 8.78 Å². The van der Waals surface area contributed by atoms with Crippen LogP contribution in [0.2, 0.25) is 5.02 Å². The molecule has 0 bridgehead atoms. The first-order chi connectivity index (χ1) is 6.54. The van der Waals surface area contributed by atoms with Gasteiger partial charge in [-0.3, -0.25) is 4.79 Å². The van der Waals surface area contributed by atoms with E-state index in [9.17, 15) is 13.6 Å². The fourth-order valence-electron chi connectivity index (χ4n) is 0.957. The normalized spacial score (nSPS) is 10.0. The van der Waals surface area contributed by atoms with Crippen LogP contribution in [-0.2, 0) is 16.0 Å². The Morgan fingerprint density at radius 1 is 1.50 bits per heavy atom. The molecule has 0 N–H and O–H groups in total. The lowest BCUT2D eigenvalue weighted by Crippen LogP contribution is -2.07. The fourth-order valence-corrected chi connectivity index (χ4v) is 1.22. The van der Waals surface area contributed by atoms with Crippen molar-refractivity contribution >= 4 is 17.6 Å². The average molecular weight is 221 g/mol. The second-order valence-corrected chi connectivity index (χ2v) is 3.01. The largest absolute Gasteiger partial charge is 0.469 e. The summed E-state index contributed by atoms with van der Waals surface area (Å²) in [6.45, 7) is 0. The zero-order valence-corrected chi connectivity index (χ0v) is 8.07. The van der Waals surface area contributed by atoms with Crippen LogP contribution < -0.4 is 0 Å². The van der Waals surface area contributed by atoms with Crippen molar-refractivity contribution < 1.29 is 18.3 Å². The molecule has 1 aromatic carbocycles. The highest BCUT2D eigenvalue weighted by Crippen LogP contribution is 2.21. The molecule has 0 spiro atoms. The van der Waals surface area contributed by atoms with E-state index in [2.05, 4.69) is 4.74 Å². The topological polar surface area (TPSA) is 26.3 Å². The van der Waals surface area contributed by atoms with Crippen molar-refractivity contribution in [3.63, 3.8) is 0 Å². The summed E-state index contributed by atoms with van der Waals surface area (Å²) in [5.41, 5.74) is -0.0556. The number of hydrogen-bond acceptors (Lipinski definition) is 2. The van der Waals surface area contributed by atoms with Gasteiger partial charge in [0.05, 0.1) is 18.6 Å². The molecule has 0 atom stereocenters. The summed E-state index contributed by atoms with van der Waals surface area (Å²) in [5.74, 6) is -2.25. The van der Waals surface area contributed by atoms with Gasteiger partial charge in [0, 0.05) is 11.6 Å². The predicted octanol–water partition coefficient (Wildman–Crippen LogP) is 2.33. The van der Waals surface area contributed by atoms with Gasteiger partial charge in [0.1, 0.15) is 11.6 Å². The molecule has 1 rings (SSSR count). The number of methoxy groups -OCH3 is 1. The van der Waals surface area contributed by atoms with Gasteiger partial charge < -0.3 is 4.74 Å². The molecule has 0 aromatic heterocycles. The number of rotatable bonds is 2. The minimum atomic E-state index is -0.847. The van der Waals surface area contributed by atoms with E-state index in [1.165, 1.54) is 7.11 Å². The van der Waals surface area contributed by atoms with Gasteiger partial charge in [0.15, 0.2) is 0 Å². The van der Waals surface area contributed by atoms with Crippen molar-refractivity contribution in [1.82, 2.24) is 0 Å². The van der Waals surface area contributed by atoms with Gasteiger partial charge in [0.2, 0.25) is 0 Å². The number of carbonyl (C=O) groups excluding carboxylic acids is 1. The third-order valence-corrected chi connectivity index (χ3v) is 1.99. The Kier molecular flexibility index (Phi) is 3.41. The molecule has 2 nitrogen and oxygen atoms in total. The van der Waals surface area contributed by atoms with Crippen LogP contribution in [0.15, 0.2) is 12.1 Å². The Bertz CT molecular complexity index is 343. The van der Waals surface area contributed by atoms with Crippen molar-refractivity contribution in [2.45, 2.75) is 6.42 Å². The molecule has 0 saturated carbocycles. The van der Waals surface area contributed by atoms with Crippen LogP contribution in [0.1, 0.15) is 5.56 Å². The summed E-state index contributed by atoms with van der Waals surface area (Å²) in [5, 5.41) is -0.118. The van der Waals surface area contributed by atoms with E-state index in [1.54, 1.807) is 0 Å². The third kappa shape index (κ3) is 2.42. The van der Waals surface area contributed by atoms with E-state index in [4.69, 9.17) is 11.6 Å². The molecule has 14 heavy (non-hydrogen) atoms. The standard InChI is InChI=1S/C9H7ClF2O2/c1-14-9(13)4-6-7(10)2-5(11)3-8(6)12/h2-3H,4H2,1H3. The molecule has 1 aromatic rings. The lowest BCUT2D eigenvalue weighted by molar-refractivity contribution is -0.139.